The van der Waals surface area contributed by atoms with E-state index in [4.69, 9.17) is 10.5 Å². The molecule has 0 aliphatic rings. The van der Waals surface area contributed by atoms with E-state index in [-0.39, 0.29) is 11.7 Å². The minimum absolute atomic E-state index is 0.262. The van der Waals surface area contributed by atoms with Crippen molar-refractivity contribution >= 4 is 39.0 Å². The van der Waals surface area contributed by atoms with Gasteiger partial charge in [0.1, 0.15) is 28.5 Å². The van der Waals surface area contributed by atoms with Gasteiger partial charge >= 0.3 is 0 Å². The lowest BCUT2D eigenvalue weighted by atomic mass is 10.1. The molecule has 1 amide bonds. The maximum Gasteiger partial charge on any atom is 0.257 e. The number of nitrogens with zero attached hydrogens (tertiary/aromatic N) is 4. The molecule has 0 saturated carbocycles. The van der Waals surface area contributed by atoms with Gasteiger partial charge in [-0.25, -0.2) is 9.97 Å². The molecule has 158 valence electrons. The Morgan fingerprint density at radius 2 is 1.81 bits per heavy atom. The summed E-state index contributed by atoms with van der Waals surface area (Å²) in [4.78, 5) is 23.1. The standard InChI is InChI=1S/C23H18N6O2S/c1-29-12-14(11-27-29)20-18(19-21(24)25-13-26-23(19)32-20)22(30)28-15-7-9-17(10-8-15)31-16-5-3-2-4-6-16/h2-13H,1H3,(H,28,30)(H2,24,25,26). The number of rotatable bonds is 5. The zero-order chi connectivity index (χ0) is 22.1. The SMILES string of the molecule is Cn1cc(-c2sc3ncnc(N)c3c2C(=O)Nc2ccc(Oc3ccccc3)cc2)cn1. The Morgan fingerprint density at radius 1 is 1.06 bits per heavy atom. The molecule has 2 aromatic carbocycles. The van der Waals surface area contributed by atoms with E-state index < -0.39 is 0 Å². The summed E-state index contributed by atoms with van der Waals surface area (Å²) in [5, 5.41) is 7.71. The van der Waals surface area contributed by atoms with Gasteiger partial charge in [-0.05, 0) is 36.4 Å². The summed E-state index contributed by atoms with van der Waals surface area (Å²) in [5.74, 6) is 1.38. The van der Waals surface area contributed by atoms with Crippen LogP contribution in [-0.2, 0) is 7.05 Å². The van der Waals surface area contributed by atoms with Crippen molar-refractivity contribution < 1.29 is 9.53 Å². The summed E-state index contributed by atoms with van der Waals surface area (Å²) < 4.78 is 7.49. The first-order chi connectivity index (χ1) is 15.6. The van der Waals surface area contributed by atoms with Gasteiger partial charge in [-0.2, -0.15) is 5.10 Å². The van der Waals surface area contributed by atoms with Crippen LogP contribution < -0.4 is 15.8 Å². The van der Waals surface area contributed by atoms with Crippen molar-refractivity contribution in [1.82, 2.24) is 19.7 Å². The fourth-order valence-corrected chi connectivity index (χ4v) is 4.46. The molecule has 3 heterocycles. The van der Waals surface area contributed by atoms with Crippen LogP contribution >= 0.6 is 11.3 Å². The number of benzene rings is 2. The third kappa shape index (κ3) is 3.77. The number of fused-ring (bicyclic) bond motifs is 1. The highest BCUT2D eigenvalue weighted by Crippen LogP contribution is 2.39. The number of aromatic nitrogens is 4. The minimum Gasteiger partial charge on any atom is -0.457 e. The first-order valence-corrected chi connectivity index (χ1v) is 10.6. The normalized spacial score (nSPS) is 10.9. The van der Waals surface area contributed by atoms with E-state index in [1.807, 2.05) is 43.6 Å². The lowest BCUT2D eigenvalue weighted by Gasteiger charge is -2.09. The molecule has 8 nitrogen and oxygen atoms in total. The Labute approximate surface area is 187 Å². The highest BCUT2D eigenvalue weighted by Gasteiger charge is 2.24. The molecular formula is C23H18N6O2S. The topological polar surface area (TPSA) is 108 Å². The van der Waals surface area contributed by atoms with Crippen molar-refractivity contribution in [3.8, 4) is 21.9 Å². The second-order valence-electron chi connectivity index (χ2n) is 7.04. The zero-order valence-electron chi connectivity index (χ0n) is 17.0. The fraction of sp³-hybridized carbons (Fsp3) is 0.0435. The monoisotopic (exact) mass is 442 g/mol. The Morgan fingerprint density at radius 3 is 2.53 bits per heavy atom. The molecule has 3 N–H and O–H groups in total. The van der Waals surface area contributed by atoms with Crippen LogP contribution in [0.25, 0.3) is 20.7 Å². The Balaban J connectivity index is 1.46. The van der Waals surface area contributed by atoms with Crippen LogP contribution in [0.4, 0.5) is 11.5 Å². The van der Waals surface area contributed by atoms with Crippen molar-refractivity contribution in [1.29, 1.82) is 0 Å². The van der Waals surface area contributed by atoms with Crippen LogP contribution in [0.1, 0.15) is 10.4 Å². The summed E-state index contributed by atoms with van der Waals surface area (Å²) in [6.45, 7) is 0. The number of ether oxygens (including phenoxy) is 1. The number of nitrogen functional groups attached to an aromatic ring is 1. The first kappa shape index (κ1) is 19.7. The maximum atomic E-state index is 13.3. The lowest BCUT2D eigenvalue weighted by Crippen LogP contribution is -2.13. The third-order valence-corrected chi connectivity index (χ3v) is 5.95. The number of carbonyl (C=O) groups excluding carboxylic acids is 1. The quantitative estimate of drug-likeness (QED) is 0.408. The molecule has 9 heteroatoms. The average molecular weight is 443 g/mol. The van der Waals surface area contributed by atoms with E-state index in [0.717, 1.165) is 16.2 Å². The van der Waals surface area contributed by atoms with E-state index in [2.05, 4.69) is 20.4 Å². The molecule has 0 aliphatic carbocycles. The van der Waals surface area contributed by atoms with Crippen LogP contribution in [-0.4, -0.2) is 25.7 Å². The summed E-state index contributed by atoms with van der Waals surface area (Å²) in [7, 11) is 1.82. The molecule has 0 aliphatic heterocycles. The van der Waals surface area contributed by atoms with Gasteiger partial charge < -0.3 is 15.8 Å². The largest absolute Gasteiger partial charge is 0.457 e. The molecule has 0 saturated heterocycles. The molecule has 0 atom stereocenters. The van der Waals surface area contributed by atoms with Crippen LogP contribution in [0.5, 0.6) is 11.5 Å². The van der Waals surface area contributed by atoms with Gasteiger partial charge in [-0.1, -0.05) is 18.2 Å². The smallest absolute Gasteiger partial charge is 0.257 e. The van der Waals surface area contributed by atoms with E-state index in [0.29, 0.717) is 27.2 Å². The second-order valence-corrected chi connectivity index (χ2v) is 8.04. The average Bonchev–Trinajstić information content (AvgIpc) is 3.40. The van der Waals surface area contributed by atoms with Gasteiger partial charge in [-0.15, -0.1) is 11.3 Å². The highest BCUT2D eigenvalue weighted by molar-refractivity contribution is 7.22. The van der Waals surface area contributed by atoms with Crippen LogP contribution in [0.3, 0.4) is 0 Å². The van der Waals surface area contributed by atoms with Crippen LogP contribution in [0, 0.1) is 0 Å². The third-order valence-electron chi connectivity index (χ3n) is 4.80. The van der Waals surface area contributed by atoms with Gasteiger partial charge in [0.25, 0.3) is 5.91 Å². The van der Waals surface area contributed by atoms with Gasteiger partial charge in [0.05, 0.1) is 22.0 Å². The number of anilines is 2. The molecule has 3 aromatic heterocycles. The Bertz CT molecular complexity index is 1410. The number of nitrogens with one attached hydrogen (secondary N) is 1. The maximum absolute atomic E-state index is 13.3. The Kier molecular flexibility index (Phi) is 5.00. The molecule has 5 rings (SSSR count). The molecule has 0 unspecified atom stereocenters. The molecule has 0 bridgehead atoms. The molecule has 0 spiro atoms. The predicted octanol–water partition coefficient (Wildman–Crippen LogP) is 4.72. The van der Waals surface area contributed by atoms with Gasteiger partial charge in [0.15, 0.2) is 0 Å². The zero-order valence-corrected chi connectivity index (χ0v) is 17.8. The molecule has 0 fully saturated rings. The number of thiophene rings is 1. The highest BCUT2D eigenvalue weighted by atomic mass is 32.1. The van der Waals surface area contributed by atoms with Crippen molar-refractivity contribution in [3.63, 3.8) is 0 Å². The molecule has 0 radical (unpaired) electrons. The lowest BCUT2D eigenvalue weighted by molar-refractivity contribution is 0.102. The minimum atomic E-state index is -0.298. The number of nitrogens with two attached hydrogens (primary N) is 1. The number of aryl methyl sites for hydroxylation is 1. The van der Waals surface area contributed by atoms with Gasteiger partial charge in [-0.3, -0.25) is 9.48 Å². The van der Waals surface area contributed by atoms with Crippen molar-refractivity contribution in [3.05, 3.63) is 78.9 Å². The van der Waals surface area contributed by atoms with Crippen molar-refractivity contribution in [2.24, 2.45) is 7.05 Å². The number of hydrogen-bond acceptors (Lipinski definition) is 7. The van der Waals surface area contributed by atoms with Crippen LogP contribution in [0.15, 0.2) is 73.3 Å². The summed E-state index contributed by atoms with van der Waals surface area (Å²) in [5.41, 5.74) is 7.99. The summed E-state index contributed by atoms with van der Waals surface area (Å²) in [6, 6.07) is 16.7. The summed E-state index contributed by atoms with van der Waals surface area (Å²) >= 11 is 1.38. The van der Waals surface area contributed by atoms with Gasteiger partial charge in [0.2, 0.25) is 0 Å². The van der Waals surface area contributed by atoms with Crippen molar-refractivity contribution in [2.45, 2.75) is 0 Å². The van der Waals surface area contributed by atoms with Crippen LogP contribution in [0.2, 0.25) is 0 Å². The number of carbonyl (C=O) groups is 1. The molecule has 5 aromatic rings. The molecular weight excluding hydrogens is 424 g/mol. The van der Waals surface area contributed by atoms with Gasteiger partial charge in [0, 0.05) is 24.5 Å². The van der Waals surface area contributed by atoms with E-state index in [9.17, 15) is 4.79 Å². The summed E-state index contributed by atoms with van der Waals surface area (Å²) in [6.07, 6.45) is 4.95. The first-order valence-electron chi connectivity index (χ1n) is 9.75. The van der Waals surface area contributed by atoms with Crippen molar-refractivity contribution in [2.75, 3.05) is 11.1 Å². The fourth-order valence-electron chi connectivity index (χ4n) is 3.34. The second kappa shape index (κ2) is 8.12. The van der Waals surface area contributed by atoms with E-state index in [1.54, 1.807) is 35.1 Å². The number of amides is 1. The van der Waals surface area contributed by atoms with E-state index in [1.165, 1.54) is 17.7 Å². The Hall–Kier alpha value is -4.24. The number of hydrogen-bond donors (Lipinski definition) is 2. The molecule has 32 heavy (non-hydrogen) atoms. The predicted molar refractivity (Wildman–Crippen MR) is 125 cm³/mol. The number of para-hydroxylation sites is 1. The van der Waals surface area contributed by atoms with E-state index >= 15 is 0 Å².